The highest BCUT2D eigenvalue weighted by molar-refractivity contribution is 6.14. The third kappa shape index (κ3) is 2.37. The van der Waals surface area contributed by atoms with E-state index in [4.69, 9.17) is 9.47 Å². The topological polar surface area (TPSA) is 18.5 Å². The molecule has 2 nitrogen and oxygen atoms in total. The van der Waals surface area contributed by atoms with Crippen molar-refractivity contribution in [1.82, 2.24) is 0 Å². The Morgan fingerprint density at radius 3 is 1.27 bits per heavy atom. The van der Waals surface area contributed by atoms with Crippen LogP contribution in [0, 0.1) is 0 Å². The summed E-state index contributed by atoms with van der Waals surface area (Å²) >= 11 is 0. The summed E-state index contributed by atoms with van der Waals surface area (Å²) in [6.07, 6.45) is 0. The molecule has 0 radical (unpaired) electrons. The van der Waals surface area contributed by atoms with Crippen molar-refractivity contribution in [2.24, 2.45) is 0 Å². The molecule has 4 aromatic carbocycles. The van der Waals surface area contributed by atoms with Crippen molar-refractivity contribution in [3.05, 3.63) is 71.8 Å². The Kier molecular flexibility index (Phi) is 3.59. The maximum Gasteiger partial charge on any atom is 0.136 e. The molecular weight excluding hydrogens is 368 g/mol. The van der Waals surface area contributed by atoms with Gasteiger partial charge in [0.05, 0.1) is 0 Å². The summed E-state index contributed by atoms with van der Waals surface area (Å²) in [5.74, 6) is 4.63. The second-order valence-corrected chi connectivity index (χ2v) is 9.00. The maximum atomic E-state index is 6.40. The molecule has 0 saturated carbocycles. The molecule has 0 aromatic heterocycles. The van der Waals surface area contributed by atoms with Crippen molar-refractivity contribution in [1.29, 1.82) is 0 Å². The van der Waals surface area contributed by atoms with Gasteiger partial charge in [-0.05, 0) is 58.4 Å². The van der Waals surface area contributed by atoms with Gasteiger partial charge in [0.15, 0.2) is 0 Å². The van der Waals surface area contributed by atoms with Crippen LogP contribution in [0.15, 0.2) is 60.7 Å². The van der Waals surface area contributed by atoms with Crippen molar-refractivity contribution < 1.29 is 9.47 Å². The zero-order chi connectivity index (χ0) is 20.6. The Labute approximate surface area is 177 Å². The summed E-state index contributed by atoms with van der Waals surface area (Å²) in [6.45, 7) is 8.85. The highest BCUT2D eigenvalue weighted by Gasteiger charge is 2.28. The van der Waals surface area contributed by atoms with E-state index in [0.717, 1.165) is 44.9 Å². The molecule has 2 heterocycles. The lowest BCUT2D eigenvalue weighted by Gasteiger charge is -2.28. The van der Waals surface area contributed by atoms with Crippen molar-refractivity contribution in [3.63, 3.8) is 0 Å². The van der Waals surface area contributed by atoms with Crippen LogP contribution in [0.25, 0.3) is 33.0 Å². The van der Waals surface area contributed by atoms with Crippen molar-refractivity contribution in [2.45, 2.75) is 39.5 Å². The van der Waals surface area contributed by atoms with Gasteiger partial charge in [-0.25, -0.2) is 0 Å². The summed E-state index contributed by atoms with van der Waals surface area (Å²) in [5, 5.41) is 2.29. The number of fused-ring (bicyclic) bond motifs is 4. The first kappa shape index (κ1) is 17.6. The molecule has 0 amide bonds. The van der Waals surface area contributed by atoms with Crippen LogP contribution in [0.5, 0.6) is 23.0 Å². The van der Waals surface area contributed by atoms with E-state index in [1.807, 2.05) is 12.1 Å². The number of ether oxygens (including phenoxy) is 2. The normalized spacial score (nSPS) is 13.1. The van der Waals surface area contributed by atoms with Crippen LogP contribution in [0.2, 0.25) is 0 Å². The first-order valence-electron chi connectivity index (χ1n) is 10.8. The quantitative estimate of drug-likeness (QED) is 0.293. The number of benzene rings is 4. The van der Waals surface area contributed by atoms with Gasteiger partial charge in [0.25, 0.3) is 0 Å². The average Bonchev–Trinajstić information content (AvgIpc) is 2.75. The molecule has 0 fully saturated rings. The van der Waals surface area contributed by atoms with Crippen molar-refractivity contribution in [3.8, 4) is 45.3 Å². The standard InChI is InChI=1S/C28H24O2/c1-15(2)17-5-7-19-21-9-10-22-20-8-6-18(16(3)4)14-26(20)30-24-12-11-23(27(21)28(22)24)29-25(19)13-17/h5-16H,1-4H3. The van der Waals surface area contributed by atoms with Gasteiger partial charge in [0.1, 0.15) is 23.0 Å². The summed E-state index contributed by atoms with van der Waals surface area (Å²) in [4.78, 5) is 0. The molecule has 0 bridgehead atoms. The molecule has 2 heteroatoms. The largest absolute Gasteiger partial charge is 0.456 e. The first-order chi connectivity index (χ1) is 14.5. The molecule has 148 valence electrons. The summed E-state index contributed by atoms with van der Waals surface area (Å²) in [5.41, 5.74) is 7.32. The summed E-state index contributed by atoms with van der Waals surface area (Å²) < 4.78 is 12.8. The molecule has 6 rings (SSSR count). The van der Waals surface area contributed by atoms with Crippen LogP contribution < -0.4 is 9.47 Å². The monoisotopic (exact) mass is 392 g/mol. The van der Waals surface area contributed by atoms with Crippen LogP contribution in [0.4, 0.5) is 0 Å². The van der Waals surface area contributed by atoms with Gasteiger partial charge in [-0.1, -0.05) is 64.1 Å². The molecule has 30 heavy (non-hydrogen) atoms. The van der Waals surface area contributed by atoms with Gasteiger partial charge < -0.3 is 9.47 Å². The van der Waals surface area contributed by atoms with E-state index in [0.29, 0.717) is 11.8 Å². The third-order valence-electron chi connectivity index (χ3n) is 6.45. The van der Waals surface area contributed by atoms with Gasteiger partial charge in [-0.2, -0.15) is 0 Å². The average molecular weight is 392 g/mol. The fraction of sp³-hybridized carbons (Fsp3) is 0.214. The molecular formula is C28H24O2. The van der Waals surface area contributed by atoms with Crippen LogP contribution in [-0.4, -0.2) is 0 Å². The van der Waals surface area contributed by atoms with Gasteiger partial charge in [-0.15, -0.1) is 0 Å². The number of hydrogen-bond acceptors (Lipinski definition) is 2. The van der Waals surface area contributed by atoms with Crippen LogP contribution in [-0.2, 0) is 0 Å². The highest BCUT2D eigenvalue weighted by atomic mass is 16.5. The van der Waals surface area contributed by atoms with Crippen LogP contribution in [0.3, 0.4) is 0 Å². The Morgan fingerprint density at radius 1 is 0.467 bits per heavy atom. The predicted octanol–water partition coefficient (Wildman–Crippen LogP) is 8.63. The fourth-order valence-corrected chi connectivity index (χ4v) is 4.70. The fourth-order valence-electron chi connectivity index (χ4n) is 4.70. The minimum absolute atomic E-state index is 0.469. The van der Waals surface area contributed by atoms with Crippen molar-refractivity contribution in [2.75, 3.05) is 0 Å². The Hall–Kier alpha value is -3.26. The lowest BCUT2D eigenvalue weighted by atomic mass is 9.86. The molecule has 0 aliphatic carbocycles. The van der Waals surface area contributed by atoms with E-state index >= 15 is 0 Å². The SMILES string of the molecule is CC(C)c1ccc2c(c1)Oc1ccc3c4c(ccc-2c14)-c1ccc(C(C)C)cc1O3. The number of rotatable bonds is 2. The minimum Gasteiger partial charge on any atom is -0.456 e. The van der Waals surface area contributed by atoms with Gasteiger partial charge in [0.2, 0.25) is 0 Å². The lowest BCUT2D eigenvalue weighted by molar-refractivity contribution is 0.474. The van der Waals surface area contributed by atoms with Gasteiger partial charge in [0, 0.05) is 21.9 Å². The van der Waals surface area contributed by atoms with Crippen LogP contribution in [0.1, 0.15) is 50.7 Å². The molecule has 0 N–H and O–H groups in total. The minimum atomic E-state index is 0.469. The molecule has 0 unspecified atom stereocenters. The van der Waals surface area contributed by atoms with Crippen LogP contribution >= 0.6 is 0 Å². The van der Waals surface area contributed by atoms with E-state index in [9.17, 15) is 0 Å². The predicted molar refractivity (Wildman–Crippen MR) is 123 cm³/mol. The number of hydrogen-bond donors (Lipinski definition) is 0. The Morgan fingerprint density at radius 2 is 0.867 bits per heavy atom. The third-order valence-corrected chi connectivity index (χ3v) is 6.45. The lowest BCUT2D eigenvalue weighted by Crippen LogP contribution is -2.03. The second kappa shape index (κ2) is 6.12. The smallest absolute Gasteiger partial charge is 0.136 e. The summed E-state index contributed by atoms with van der Waals surface area (Å²) in [7, 11) is 0. The van der Waals surface area contributed by atoms with Gasteiger partial charge >= 0.3 is 0 Å². The van der Waals surface area contributed by atoms with E-state index in [-0.39, 0.29) is 0 Å². The van der Waals surface area contributed by atoms with E-state index in [2.05, 4.69) is 76.2 Å². The van der Waals surface area contributed by atoms with Gasteiger partial charge in [-0.3, -0.25) is 0 Å². The zero-order valence-corrected chi connectivity index (χ0v) is 17.7. The molecule has 0 saturated heterocycles. The molecule has 0 atom stereocenters. The van der Waals surface area contributed by atoms with E-state index < -0.39 is 0 Å². The van der Waals surface area contributed by atoms with Crippen molar-refractivity contribution >= 4 is 10.8 Å². The molecule has 4 aromatic rings. The highest BCUT2D eigenvalue weighted by Crippen LogP contribution is 2.55. The Bertz CT molecular complexity index is 1240. The van der Waals surface area contributed by atoms with E-state index in [1.165, 1.54) is 22.3 Å². The van der Waals surface area contributed by atoms with E-state index in [1.54, 1.807) is 0 Å². The molecule has 2 aliphatic rings. The Balaban J connectivity index is 1.61. The molecule has 2 aliphatic heterocycles. The molecule has 0 spiro atoms. The zero-order valence-electron chi connectivity index (χ0n) is 17.7. The first-order valence-corrected chi connectivity index (χ1v) is 10.8. The maximum absolute atomic E-state index is 6.40. The summed E-state index contributed by atoms with van der Waals surface area (Å²) in [6, 6.07) is 21.8. The second-order valence-electron chi connectivity index (χ2n) is 9.00.